The normalized spacial score (nSPS) is 21.3. The highest BCUT2D eigenvalue weighted by molar-refractivity contribution is 5.77. The molecule has 6 rings (SSSR count). The fourth-order valence-corrected chi connectivity index (χ4v) is 7.01. The Bertz CT molecular complexity index is 1710. The maximum Gasteiger partial charge on any atom is 0.303 e. The van der Waals surface area contributed by atoms with E-state index in [9.17, 15) is 14.7 Å². The number of carboxylic acid groups (broad SMARTS) is 1. The summed E-state index contributed by atoms with van der Waals surface area (Å²) in [4.78, 5) is 28.2. The van der Waals surface area contributed by atoms with Gasteiger partial charge in [-0.15, -0.1) is 0 Å². The monoisotopic (exact) mass is 691 g/mol. The molecule has 51 heavy (non-hydrogen) atoms. The standard InChI is InChI=1S/C42H49N3O6/c1-30-38(28-45-24-22-44(23-25-45)27-31-8-3-2-4-9-31)50-42(51-41(30)34-16-14-32(29-46)15-17-34)35-20-18-33(19-21-35)37-11-6-5-10-36(37)26-43-39(47)12-7-13-40(48)49/h2-6,8-11,14-21,30,38,41-42,46H,7,12-13,22-29H2,1H3,(H,43,47)(H,48,49)/t30-,38+,41+,42+/m1/s1. The second kappa shape index (κ2) is 17.7. The van der Waals surface area contributed by atoms with E-state index in [0.717, 1.165) is 72.6 Å². The van der Waals surface area contributed by atoms with E-state index in [4.69, 9.17) is 14.6 Å². The molecule has 9 heteroatoms. The Morgan fingerprint density at radius 2 is 1.43 bits per heavy atom. The van der Waals surface area contributed by atoms with Crippen LogP contribution in [0.25, 0.3) is 11.1 Å². The third-order valence-corrected chi connectivity index (χ3v) is 10.1. The number of hydrogen-bond acceptors (Lipinski definition) is 7. The second-order valence-electron chi connectivity index (χ2n) is 13.7. The summed E-state index contributed by atoms with van der Waals surface area (Å²) in [5.74, 6) is -0.952. The highest BCUT2D eigenvalue weighted by atomic mass is 16.7. The van der Waals surface area contributed by atoms with Crippen LogP contribution in [0.2, 0.25) is 0 Å². The number of nitrogens with zero attached hydrogens (tertiary/aromatic N) is 2. The van der Waals surface area contributed by atoms with E-state index in [2.05, 4.69) is 88.8 Å². The molecule has 2 aliphatic rings. The molecule has 3 N–H and O–H groups in total. The lowest BCUT2D eigenvalue weighted by Gasteiger charge is -2.44. The third-order valence-electron chi connectivity index (χ3n) is 10.1. The molecule has 4 atom stereocenters. The van der Waals surface area contributed by atoms with E-state index in [1.807, 2.05) is 36.4 Å². The first-order valence-electron chi connectivity index (χ1n) is 18.0. The Hall–Kier alpha value is -4.38. The molecule has 2 heterocycles. The summed E-state index contributed by atoms with van der Waals surface area (Å²) >= 11 is 0. The minimum Gasteiger partial charge on any atom is -0.481 e. The number of amides is 1. The predicted molar refractivity (Wildman–Crippen MR) is 196 cm³/mol. The number of aliphatic carboxylic acids is 1. The van der Waals surface area contributed by atoms with Crippen LogP contribution < -0.4 is 5.32 Å². The van der Waals surface area contributed by atoms with E-state index in [-0.39, 0.29) is 43.5 Å². The van der Waals surface area contributed by atoms with Gasteiger partial charge in [-0.1, -0.05) is 110 Å². The minimum absolute atomic E-state index is 0.000604. The van der Waals surface area contributed by atoms with Gasteiger partial charge in [0.05, 0.1) is 18.8 Å². The molecule has 268 valence electrons. The lowest BCUT2D eigenvalue weighted by molar-refractivity contribution is -0.276. The fraction of sp³-hybridized carbons (Fsp3) is 0.381. The van der Waals surface area contributed by atoms with Crippen molar-refractivity contribution in [3.8, 4) is 11.1 Å². The molecule has 0 radical (unpaired) electrons. The van der Waals surface area contributed by atoms with Crippen molar-refractivity contribution in [2.24, 2.45) is 5.92 Å². The Morgan fingerprint density at radius 1 is 0.765 bits per heavy atom. The molecule has 2 aliphatic heterocycles. The number of carboxylic acids is 1. The van der Waals surface area contributed by atoms with Crippen LogP contribution in [0.1, 0.15) is 66.4 Å². The van der Waals surface area contributed by atoms with Gasteiger partial charge < -0.3 is 25.0 Å². The maximum absolute atomic E-state index is 12.3. The Balaban J connectivity index is 1.14. The Morgan fingerprint density at radius 3 is 2.14 bits per heavy atom. The Labute approximate surface area is 300 Å². The van der Waals surface area contributed by atoms with Crippen LogP contribution in [-0.2, 0) is 38.8 Å². The Kier molecular flexibility index (Phi) is 12.6. The van der Waals surface area contributed by atoms with Crippen molar-refractivity contribution < 1.29 is 29.3 Å². The molecule has 0 unspecified atom stereocenters. The molecule has 2 fully saturated rings. The first-order chi connectivity index (χ1) is 24.9. The van der Waals surface area contributed by atoms with E-state index >= 15 is 0 Å². The number of hydrogen-bond donors (Lipinski definition) is 3. The van der Waals surface area contributed by atoms with Gasteiger partial charge in [0.1, 0.15) is 0 Å². The lowest BCUT2D eigenvalue weighted by atomic mass is 9.89. The minimum atomic E-state index is -0.897. The molecule has 0 saturated carbocycles. The van der Waals surface area contributed by atoms with Gasteiger partial charge in [0.2, 0.25) is 5.91 Å². The van der Waals surface area contributed by atoms with Gasteiger partial charge in [0, 0.05) is 70.1 Å². The number of rotatable bonds is 14. The summed E-state index contributed by atoms with van der Waals surface area (Å²) in [5, 5.41) is 21.4. The summed E-state index contributed by atoms with van der Waals surface area (Å²) in [7, 11) is 0. The number of nitrogens with one attached hydrogen (secondary N) is 1. The number of benzene rings is 4. The SMILES string of the molecule is C[C@@H]1[C@H](CN2CCN(Cc3ccccc3)CC2)O[C@H](c2ccc(-c3ccccc3CNC(=O)CCCC(=O)O)cc2)O[C@@H]1c1ccc(CO)cc1. The highest BCUT2D eigenvalue weighted by Gasteiger charge is 2.39. The molecule has 9 nitrogen and oxygen atoms in total. The molecule has 4 aromatic carbocycles. The first kappa shape index (κ1) is 36.4. The smallest absolute Gasteiger partial charge is 0.303 e. The zero-order valence-electron chi connectivity index (χ0n) is 29.3. The summed E-state index contributed by atoms with van der Waals surface area (Å²) in [6.07, 6.45) is -0.307. The molecule has 0 aromatic heterocycles. The first-order valence-corrected chi connectivity index (χ1v) is 18.0. The van der Waals surface area contributed by atoms with Gasteiger partial charge >= 0.3 is 5.97 Å². The molecular formula is C42H49N3O6. The average Bonchev–Trinajstić information content (AvgIpc) is 3.16. The van der Waals surface area contributed by atoms with Crippen molar-refractivity contribution in [1.82, 2.24) is 15.1 Å². The van der Waals surface area contributed by atoms with Gasteiger partial charge in [0.25, 0.3) is 0 Å². The van der Waals surface area contributed by atoms with Gasteiger partial charge in [-0.05, 0) is 39.8 Å². The maximum atomic E-state index is 12.3. The van der Waals surface area contributed by atoms with Crippen molar-refractivity contribution in [1.29, 1.82) is 0 Å². The van der Waals surface area contributed by atoms with Crippen LogP contribution in [0.5, 0.6) is 0 Å². The number of aliphatic hydroxyl groups excluding tert-OH is 1. The van der Waals surface area contributed by atoms with Crippen LogP contribution in [0.15, 0.2) is 103 Å². The van der Waals surface area contributed by atoms with Gasteiger partial charge in [-0.2, -0.15) is 0 Å². The van der Waals surface area contributed by atoms with Crippen molar-refractivity contribution in [2.75, 3.05) is 32.7 Å². The van der Waals surface area contributed by atoms with Gasteiger partial charge in [0.15, 0.2) is 6.29 Å². The molecule has 0 bridgehead atoms. The summed E-state index contributed by atoms with van der Waals surface area (Å²) in [6, 6.07) is 34.9. The topological polar surface area (TPSA) is 112 Å². The van der Waals surface area contributed by atoms with Crippen molar-refractivity contribution in [3.63, 3.8) is 0 Å². The number of piperazine rings is 1. The largest absolute Gasteiger partial charge is 0.481 e. The molecule has 2 saturated heterocycles. The number of ether oxygens (including phenoxy) is 2. The number of aliphatic hydroxyl groups is 1. The van der Waals surface area contributed by atoms with Gasteiger partial charge in [-0.3, -0.25) is 19.4 Å². The fourth-order valence-electron chi connectivity index (χ4n) is 7.01. The zero-order valence-corrected chi connectivity index (χ0v) is 29.3. The molecule has 4 aromatic rings. The molecular weight excluding hydrogens is 642 g/mol. The lowest BCUT2D eigenvalue weighted by Crippen LogP contribution is -2.51. The third kappa shape index (κ3) is 9.90. The van der Waals surface area contributed by atoms with Crippen LogP contribution in [0.3, 0.4) is 0 Å². The number of carbonyl (C=O) groups is 2. The van der Waals surface area contributed by atoms with Gasteiger partial charge in [-0.25, -0.2) is 0 Å². The zero-order chi connectivity index (χ0) is 35.6. The highest BCUT2D eigenvalue weighted by Crippen LogP contribution is 2.42. The summed E-state index contributed by atoms with van der Waals surface area (Å²) in [5.41, 5.74) is 7.22. The second-order valence-corrected chi connectivity index (χ2v) is 13.7. The predicted octanol–water partition coefficient (Wildman–Crippen LogP) is 6.33. The number of carbonyl (C=O) groups excluding carboxylic acids is 1. The van der Waals surface area contributed by atoms with Crippen LogP contribution in [0.4, 0.5) is 0 Å². The average molecular weight is 692 g/mol. The van der Waals surface area contributed by atoms with E-state index < -0.39 is 12.3 Å². The quantitative estimate of drug-likeness (QED) is 0.141. The molecule has 0 aliphatic carbocycles. The molecule has 1 amide bonds. The summed E-state index contributed by atoms with van der Waals surface area (Å²) < 4.78 is 13.5. The van der Waals surface area contributed by atoms with Crippen molar-refractivity contribution in [3.05, 3.63) is 131 Å². The summed E-state index contributed by atoms with van der Waals surface area (Å²) in [6.45, 7) is 8.35. The molecule has 0 spiro atoms. The van der Waals surface area contributed by atoms with Crippen molar-refractivity contribution in [2.45, 2.75) is 64.4 Å². The van der Waals surface area contributed by atoms with Crippen LogP contribution in [-0.4, -0.2) is 70.7 Å². The van der Waals surface area contributed by atoms with E-state index in [1.165, 1.54) is 5.56 Å². The van der Waals surface area contributed by atoms with Crippen LogP contribution in [0, 0.1) is 5.92 Å². The van der Waals surface area contributed by atoms with Crippen LogP contribution >= 0.6 is 0 Å². The van der Waals surface area contributed by atoms with E-state index in [1.54, 1.807) is 0 Å². The van der Waals surface area contributed by atoms with Crippen molar-refractivity contribution >= 4 is 11.9 Å². The van der Waals surface area contributed by atoms with E-state index in [0.29, 0.717) is 13.0 Å².